The van der Waals surface area contributed by atoms with Crippen LogP contribution in [0.2, 0.25) is 0 Å². The first-order valence-corrected chi connectivity index (χ1v) is 7.13. The van der Waals surface area contributed by atoms with Crippen LogP contribution < -0.4 is 5.73 Å². The fraction of sp³-hybridized carbons (Fsp3) is 0.625. The minimum Gasteiger partial charge on any atom is -0.323 e. The third-order valence-corrected chi connectivity index (χ3v) is 3.36. The van der Waals surface area contributed by atoms with Gasteiger partial charge in [0.05, 0.1) is 0 Å². The summed E-state index contributed by atoms with van der Waals surface area (Å²) in [5.41, 5.74) is 10.3. The van der Waals surface area contributed by atoms with Gasteiger partial charge < -0.3 is 10.6 Å². The van der Waals surface area contributed by atoms with Crippen LogP contribution >= 0.6 is 0 Å². The van der Waals surface area contributed by atoms with Crippen LogP contribution in [0.5, 0.6) is 0 Å². The van der Waals surface area contributed by atoms with Gasteiger partial charge >= 0.3 is 0 Å². The normalized spacial score (nSPS) is 13.0. The van der Waals surface area contributed by atoms with Crippen molar-refractivity contribution in [3.05, 3.63) is 34.9 Å². The van der Waals surface area contributed by atoms with E-state index in [2.05, 4.69) is 50.8 Å². The van der Waals surface area contributed by atoms with Crippen molar-refractivity contribution < 1.29 is 0 Å². The molecule has 0 spiro atoms. The molecule has 0 saturated heterocycles. The van der Waals surface area contributed by atoms with E-state index < -0.39 is 0 Å². The van der Waals surface area contributed by atoms with E-state index in [1.54, 1.807) is 0 Å². The van der Waals surface area contributed by atoms with Crippen molar-refractivity contribution in [2.24, 2.45) is 5.73 Å². The van der Waals surface area contributed by atoms with E-state index in [-0.39, 0.29) is 6.04 Å². The van der Waals surface area contributed by atoms with E-state index >= 15 is 0 Å². The first-order valence-electron chi connectivity index (χ1n) is 7.13. The molecule has 0 aliphatic rings. The first-order chi connectivity index (χ1) is 8.58. The van der Waals surface area contributed by atoms with E-state index in [0.29, 0.717) is 0 Å². The summed E-state index contributed by atoms with van der Waals surface area (Å²) in [7, 11) is 0. The third kappa shape index (κ3) is 4.43. The van der Waals surface area contributed by atoms with E-state index in [9.17, 15) is 0 Å². The highest BCUT2D eigenvalue weighted by molar-refractivity contribution is 5.32. The van der Waals surface area contributed by atoms with Gasteiger partial charge in [-0.3, -0.25) is 0 Å². The van der Waals surface area contributed by atoms with Crippen LogP contribution in [0.25, 0.3) is 0 Å². The molecule has 0 amide bonds. The summed E-state index contributed by atoms with van der Waals surface area (Å²) in [6, 6.07) is 6.69. The molecule has 102 valence electrons. The summed E-state index contributed by atoms with van der Waals surface area (Å²) in [5.74, 6) is 0. The number of benzene rings is 1. The predicted molar refractivity (Wildman–Crippen MR) is 79.9 cm³/mol. The van der Waals surface area contributed by atoms with Crippen LogP contribution in [0.3, 0.4) is 0 Å². The Kier molecular flexibility index (Phi) is 6.37. The molecule has 0 bridgehead atoms. The molecular weight excluding hydrogens is 220 g/mol. The Hall–Kier alpha value is -0.860. The number of hydrogen-bond acceptors (Lipinski definition) is 2. The molecule has 2 heteroatoms. The predicted octanol–water partition coefficient (Wildman–Crippen LogP) is 3.43. The summed E-state index contributed by atoms with van der Waals surface area (Å²) >= 11 is 0. The number of hydrogen-bond donors (Lipinski definition) is 1. The van der Waals surface area contributed by atoms with Gasteiger partial charge in [0.15, 0.2) is 0 Å². The lowest BCUT2D eigenvalue weighted by Crippen LogP contribution is -2.33. The molecule has 1 unspecified atom stereocenters. The monoisotopic (exact) mass is 248 g/mol. The topological polar surface area (TPSA) is 29.3 Å². The van der Waals surface area contributed by atoms with E-state index in [0.717, 1.165) is 19.6 Å². The molecule has 0 radical (unpaired) electrons. The first kappa shape index (κ1) is 15.2. The van der Waals surface area contributed by atoms with Crippen molar-refractivity contribution in [2.45, 2.75) is 46.6 Å². The molecule has 1 rings (SSSR count). The van der Waals surface area contributed by atoms with Gasteiger partial charge in [0.2, 0.25) is 0 Å². The van der Waals surface area contributed by atoms with E-state index in [4.69, 9.17) is 5.73 Å². The number of nitrogens with zero attached hydrogens (tertiary/aromatic N) is 1. The lowest BCUT2D eigenvalue weighted by molar-refractivity contribution is 0.258. The van der Waals surface area contributed by atoms with Crippen LogP contribution in [-0.4, -0.2) is 24.5 Å². The van der Waals surface area contributed by atoms with Gasteiger partial charge in [-0.05, 0) is 50.9 Å². The molecule has 2 nitrogen and oxygen atoms in total. The number of rotatable bonds is 7. The summed E-state index contributed by atoms with van der Waals surface area (Å²) in [5, 5.41) is 0. The van der Waals surface area contributed by atoms with Crippen molar-refractivity contribution in [3.8, 4) is 0 Å². The maximum Gasteiger partial charge on any atom is 0.0426 e. The fourth-order valence-corrected chi connectivity index (χ4v) is 2.55. The Balaban J connectivity index is 2.70. The van der Waals surface area contributed by atoms with Crippen LogP contribution in [0, 0.1) is 13.8 Å². The van der Waals surface area contributed by atoms with Crippen molar-refractivity contribution in [1.29, 1.82) is 0 Å². The van der Waals surface area contributed by atoms with Gasteiger partial charge in [0.25, 0.3) is 0 Å². The van der Waals surface area contributed by atoms with Crippen LogP contribution in [0.4, 0.5) is 0 Å². The SMILES string of the molecule is CCCN(CCC)CC(N)c1ccc(C)cc1C. The highest BCUT2D eigenvalue weighted by atomic mass is 15.1. The zero-order chi connectivity index (χ0) is 13.5. The number of nitrogens with two attached hydrogens (primary N) is 1. The molecule has 1 aromatic rings. The Morgan fingerprint density at radius 3 is 2.22 bits per heavy atom. The van der Waals surface area contributed by atoms with E-state index in [1.807, 2.05) is 0 Å². The van der Waals surface area contributed by atoms with Crippen molar-refractivity contribution in [3.63, 3.8) is 0 Å². The molecule has 0 heterocycles. The second-order valence-electron chi connectivity index (χ2n) is 5.27. The van der Waals surface area contributed by atoms with Gasteiger partial charge in [0, 0.05) is 12.6 Å². The van der Waals surface area contributed by atoms with Crippen molar-refractivity contribution >= 4 is 0 Å². The summed E-state index contributed by atoms with van der Waals surface area (Å²) in [6.07, 6.45) is 2.39. The quantitative estimate of drug-likeness (QED) is 0.801. The highest BCUT2D eigenvalue weighted by Crippen LogP contribution is 2.18. The Labute approximate surface area is 112 Å². The third-order valence-electron chi connectivity index (χ3n) is 3.36. The lowest BCUT2D eigenvalue weighted by atomic mass is 9.99. The summed E-state index contributed by atoms with van der Waals surface area (Å²) in [6.45, 7) is 12.0. The van der Waals surface area contributed by atoms with Gasteiger partial charge in [0.1, 0.15) is 0 Å². The summed E-state index contributed by atoms with van der Waals surface area (Å²) < 4.78 is 0. The van der Waals surface area contributed by atoms with Crippen LogP contribution in [0.1, 0.15) is 49.4 Å². The Morgan fingerprint density at radius 1 is 1.11 bits per heavy atom. The molecule has 18 heavy (non-hydrogen) atoms. The van der Waals surface area contributed by atoms with Crippen LogP contribution in [0.15, 0.2) is 18.2 Å². The molecule has 0 aliphatic carbocycles. The standard InChI is InChI=1S/C16H28N2/c1-5-9-18(10-6-2)12-16(17)15-8-7-13(3)11-14(15)4/h7-8,11,16H,5-6,9-10,12,17H2,1-4H3. The van der Waals surface area contributed by atoms with Gasteiger partial charge in [-0.15, -0.1) is 0 Å². The molecule has 0 aromatic heterocycles. The fourth-order valence-electron chi connectivity index (χ4n) is 2.55. The Morgan fingerprint density at radius 2 is 1.72 bits per heavy atom. The maximum atomic E-state index is 6.37. The average Bonchev–Trinajstić information content (AvgIpc) is 2.29. The molecule has 2 N–H and O–H groups in total. The molecule has 0 fully saturated rings. The molecule has 0 aliphatic heterocycles. The van der Waals surface area contributed by atoms with E-state index in [1.165, 1.54) is 29.5 Å². The lowest BCUT2D eigenvalue weighted by Gasteiger charge is -2.25. The summed E-state index contributed by atoms with van der Waals surface area (Å²) in [4.78, 5) is 2.48. The largest absolute Gasteiger partial charge is 0.323 e. The minimum atomic E-state index is 0.128. The molecule has 0 saturated carbocycles. The van der Waals surface area contributed by atoms with Gasteiger partial charge in [-0.1, -0.05) is 37.6 Å². The van der Waals surface area contributed by atoms with Crippen molar-refractivity contribution in [2.75, 3.05) is 19.6 Å². The molecule has 1 atom stereocenters. The highest BCUT2D eigenvalue weighted by Gasteiger charge is 2.13. The second-order valence-corrected chi connectivity index (χ2v) is 5.27. The molecule has 1 aromatic carbocycles. The Bertz CT molecular complexity index is 354. The van der Waals surface area contributed by atoms with Gasteiger partial charge in [-0.2, -0.15) is 0 Å². The van der Waals surface area contributed by atoms with Crippen LogP contribution in [-0.2, 0) is 0 Å². The maximum absolute atomic E-state index is 6.37. The van der Waals surface area contributed by atoms with Gasteiger partial charge in [-0.25, -0.2) is 0 Å². The second kappa shape index (κ2) is 7.55. The minimum absolute atomic E-state index is 0.128. The average molecular weight is 248 g/mol. The smallest absolute Gasteiger partial charge is 0.0426 e. The molecular formula is C16H28N2. The van der Waals surface area contributed by atoms with Crippen molar-refractivity contribution in [1.82, 2.24) is 4.90 Å². The zero-order valence-electron chi connectivity index (χ0n) is 12.4. The number of aryl methyl sites for hydroxylation is 2. The zero-order valence-corrected chi connectivity index (χ0v) is 12.4.